The van der Waals surface area contributed by atoms with E-state index in [1.807, 2.05) is 24.3 Å². The molecule has 2 aliphatic rings. The molecule has 4 amide bonds. The molecular weight excluding hydrogens is 403 g/mol. The van der Waals surface area contributed by atoms with Crippen LogP contribution in [0, 0.1) is 5.82 Å². The average Bonchev–Trinajstić information content (AvgIpc) is 3.18. The van der Waals surface area contributed by atoms with Crippen molar-refractivity contribution in [1.29, 1.82) is 0 Å². The number of fused-ring (bicyclic) bond motifs is 1. The number of anilines is 1. The maximum absolute atomic E-state index is 13.0. The summed E-state index contributed by atoms with van der Waals surface area (Å²) in [6.07, 6.45) is 0.713. The fourth-order valence-corrected chi connectivity index (χ4v) is 3.98. The van der Waals surface area contributed by atoms with Crippen LogP contribution in [0.2, 0.25) is 0 Å². The standard InChI is InChI=1S/C22H23FN4O4/c1-31-17-8-2-13(3-9-17)10-18-21(29)27-12-16(11-19(27)20(28)26-18)25-22(30)24-15-6-4-14(23)5-7-15/h2-9,16,18-19H,10-12H2,1H3,(H,26,28)(H2,24,25,30)/t16-,18-,19-/m0/s1. The van der Waals surface area contributed by atoms with Gasteiger partial charge < -0.3 is 25.6 Å². The summed E-state index contributed by atoms with van der Waals surface area (Å²) in [7, 11) is 1.58. The quantitative estimate of drug-likeness (QED) is 0.677. The highest BCUT2D eigenvalue weighted by Crippen LogP contribution is 2.24. The Balaban J connectivity index is 1.36. The summed E-state index contributed by atoms with van der Waals surface area (Å²) in [6.45, 7) is 0.257. The largest absolute Gasteiger partial charge is 0.497 e. The molecule has 9 heteroatoms. The summed E-state index contributed by atoms with van der Waals surface area (Å²) >= 11 is 0. The van der Waals surface area contributed by atoms with Crippen molar-refractivity contribution in [3.63, 3.8) is 0 Å². The van der Waals surface area contributed by atoms with Crippen LogP contribution in [0.15, 0.2) is 48.5 Å². The second kappa shape index (κ2) is 8.63. The zero-order chi connectivity index (χ0) is 22.0. The molecule has 0 saturated carbocycles. The lowest BCUT2D eigenvalue weighted by Crippen LogP contribution is -2.61. The van der Waals surface area contributed by atoms with Crippen molar-refractivity contribution in [2.24, 2.45) is 0 Å². The monoisotopic (exact) mass is 426 g/mol. The molecule has 0 spiro atoms. The number of amides is 4. The average molecular weight is 426 g/mol. The molecule has 2 heterocycles. The van der Waals surface area contributed by atoms with Crippen LogP contribution in [0.1, 0.15) is 12.0 Å². The van der Waals surface area contributed by atoms with E-state index in [4.69, 9.17) is 4.74 Å². The Hall–Kier alpha value is -3.62. The van der Waals surface area contributed by atoms with Crippen molar-refractivity contribution in [2.75, 3.05) is 19.0 Å². The van der Waals surface area contributed by atoms with Crippen molar-refractivity contribution in [2.45, 2.75) is 31.0 Å². The lowest BCUT2D eigenvalue weighted by atomic mass is 10.0. The molecule has 0 aromatic heterocycles. The summed E-state index contributed by atoms with van der Waals surface area (Å²) in [5, 5.41) is 8.21. The lowest BCUT2D eigenvalue weighted by Gasteiger charge is -2.34. The Labute approximate surface area is 178 Å². The number of nitrogens with one attached hydrogen (secondary N) is 3. The van der Waals surface area contributed by atoms with Gasteiger partial charge in [0.2, 0.25) is 11.8 Å². The first kappa shape index (κ1) is 20.6. The van der Waals surface area contributed by atoms with E-state index in [0.29, 0.717) is 18.5 Å². The summed E-state index contributed by atoms with van der Waals surface area (Å²) < 4.78 is 18.1. The number of halogens is 1. The first-order valence-corrected chi connectivity index (χ1v) is 10.00. The highest BCUT2D eigenvalue weighted by molar-refractivity contribution is 5.98. The number of hydrogen-bond acceptors (Lipinski definition) is 4. The third-order valence-electron chi connectivity index (χ3n) is 5.54. The molecule has 2 aromatic rings. The van der Waals surface area contributed by atoms with E-state index in [9.17, 15) is 18.8 Å². The molecule has 3 atom stereocenters. The van der Waals surface area contributed by atoms with Gasteiger partial charge in [-0.05, 0) is 48.4 Å². The Bertz CT molecular complexity index is 980. The van der Waals surface area contributed by atoms with Gasteiger partial charge in [-0.25, -0.2) is 9.18 Å². The first-order valence-electron chi connectivity index (χ1n) is 10.00. The molecule has 2 aliphatic heterocycles. The summed E-state index contributed by atoms with van der Waals surface area (Å²) in [4.78, 5) is 39.3. The number of hydrogen-bond donors (Lipinski definition) is 3. The molecule has 2 fully saturated rings. The minimum absolute atomic E-state index is 0.163. The number of nitrogens with zero attached hydrogens (tertiary/aromatic N) is 1. The van der Waals surface area contributed by atoms with Gasteiger partial charge in [-0.15, -0.1) is 0 Å². The van der Waals surface area contributed by atoms with Gasteiger partial charge in [-0.2, -0.15) is 0 Å². The minimum Gasteiger partial charge on any atom is -0.497 e. The normalized spacial score (nSPS) is 22.5. The number of rotatable bonds is 5. The molecule has 0 radical (unpaired) electrons. The van der Waals surface area contributed by atoms with Crippen molar-refractivity contribution in [3.05, 3.63) is 59.9 Å². The Morgan fingerprint density at radius 1 is 1.16 bits per heavy atom. The molecule has 3 N–H and O–H groups in total. The summed E-state index contributed by atoms with van der Waals surface area (Å²) in [5.41, 5.74) is 1.36. The molecule has 2 aromatic carbocycles. The SMILES string of the molecule is COc1ccc(C[C@@H]2NC(=O)[C@@H]3C[C@H](NC(=O)Nc4ccc(F)cc4)CN3C2=O)cc1. The van der Waals surface area contributed by atoms with E-state index in [0.717, 1.165) is 11.3 Å². The van der Waals surface area contributed by atoms with Crippen molar-refractivity contribution in [3.8, 4) is 5.75 Å². The lowest BCUT2D eigenvalue weighted by molar-refractivity contribution is -0.147. The van der Waals surface area contributed by atoms with E-state index in [1.54, 1.807) is 7.11 Å². The van der Waals surface area contributed by atoms with E-state index in [-0.39, 0.29) is 24.4 Å². The van der Waals surface area contributed by atoms with Gasteiger partial charge in [0.05, 0.1) is 13.2 Å². The maximum Gasteiger partial charge on any atom is 0.319 e. The number of benzene rings is 2. The van der Waals surface area contributed by atoms with Crippen LogP contribution in [0.5, 0.6) is 5.75 Å². The second-order valence-corrected chi connectivity index (χ2v) is 7.66. The van der Waals surface area contributed by atoms with Crippen LogP contribution >= 0.6 is 0 Å². The van der Waals surface area contributed by atoms with Gasteiger partial charge in [0.1, 0.15) is 23.7 Å². The second-order valence-electron chi connectivity index (χ2n) is 7.66. The van der Waals surface area contributed by atoms with Crippen LogP contribution in [0.25, 0.3) is 0 Å². The first-order chi connectivity index (χ1) is 14.9. The van der Waals surface area contributed by atoms with Gasteiger partial charge in [0.25, 0.3) is 0 Å². The van der Waals surface area contributed by atoms with E-state index in [1.165, 1.54) is 29.2 Å². The zero-order valence-corrected chi connectivity index (χ0v) is 16.9. The van der Waals surface area contributed by atoms with Crippen molar-refractivity contribution in [1.82, 2.24) is 15.5 Å². The fourth-order valence-electron chi connectivity index (χ4n) is 3.98. The number of urea groups is 1. The molecule has 8 nitrogen and oxygen atoms in total. The van der Waals surface area contributed by atoms with Gasteiger partial charge in [0.15, 0.2) is 0 Å². The molecule has 4 rings (SSSR count). The topological polar surface area (TPSA) is 99.8 Å². The van der Waals surface area contributed by atoms with Gasteiger partial charge in [-0.3, -0.25) is 9.59 Å². The molecule has 0 unspecified atom stereocenters. The smallest absolute Gasteiger partial charge is 0.319 e. The maximum atomic E-state index is 13.0. The molecular formula is C22H23FN4O4. The van der Waals surface area contributed by atoms with Crippen molar-refractivity contribution < 1.29 is 23.5 Å². The Morgan fingerprint density at radius 3 is 2.55 bits per heavy atom. The van der Waals surface area contributed by atoms with Crippen LogP contribution in [0.4, 0.5) is 14.9 Å². The molecule has 0 bridgehead atoms. The highest BCUT2D eigenvalue weighted by atomic mass is 19.1. The summed E-state index contributed by atoms with van der Waals surface area (Å²) in [6, 6.07) is 10.7. The Morgan fingerprint density at radius 2 is 1.87 bits per heavy atom. The zero-order valence-electron chi connectivity index (χ0n) is 16.9. The predicted octanol–water partition coefficient (Wildman–Crippen LogP) is 1.67. The van der Waals surface area contributed by atoms with Gasteiger partial charge >= 0.3 is 6.03 Å². The van der Waals surface area contributed by atoms with E-state index in [2.05, 4.69) is 16.0 Å². The number of carbonyl (C=O) groups is 3. The summed E-state index contributed by atoms with van der Waals surface area (Å²) in [5.74, 6) is -0.0625. The van der Waals surface area contributed by atoms with E-state index < -0.39 is 23.9 Å². The van der Waals surface area contributed by atoms with E-state index >= 15 is 0 Å². The predicted molar refractivity (Wildman–Crippen MR) is 111 cm³/mol. The van der Waals surface area contributed by atoms with Crippen LogP contribution in [-0.2, 0) is 16.0 Å². The van der Waals surface area contributed by atoms with Gasteiger partial charge in [0, 0.05) is 18.7 Å². The van der Waals surface area contributed by atoms with Crippen LogP contribution < -0.4 is 20.7 Å². The Kier molecular flexibility index (Phi) is 5.75. The number of piperazine rings is 1. The number of ether oxygens (including phenoxy) is 1. The number of methoxy groups -OCH3 is 1. The number of carbonyl (C=O) groups excluding carboxylic acids is 3. The third kappa shape index (κ3) is 4.60. The third-order valence-corrected chi connectivity index (χ3v) is 5.54. The minimum atomic E-state index is -0.649. The molecule has 31 heavy (non-hydrogen) atoms. The van der Waals surface area contributed by atoms with Crippen LogP contribution in [0.3, 0.4) is 0 Å². The molecule has 0 aliphatic carbocycles. The fraction of sp³-hybridized carbons (Fsp3) is 0.318. The highest BCUT2D eigenvalue weighted by Gasteiger charge is 2.46. The van der Waals surface area contributed by atoms with Crippen molar-refractivity contribution >= 4 is 23.5 Å². The van der Waals surface area contributed by atoms with Gasteiger partial charge in [-0.1, -0.05) is 12.1 Å². The molecule has 2 saturated heterocycles. The van der Waals surface area contributed by atoms with Crippen LogP contribution in [-0.4, -0.2) is 54.5 Å². The molecule has 162 valence electrons.